The number of amides is 5. The second-order valence-electron chi connectivity index (χ2n) is 13.8. The molecule has 2 aromatic heterocycles. The van der Waals surface area contributed by atoms with Gasteiger partial charge in [-0.3, -0.25) is 14.4 Å². The van der Waals surface area contributed by atoms with Crippen LogP contribution in [0.1, 0.15) is 71.5 Å². The number of carbonyl (C=O) groups excluding carboxylic acids is 4. The molecule has 14 nitrogen and oxygen atoms in total. The number of halogens is 2. The van der Waals surface area contributed by atoms with Crippen LogP contribution in [0.15, 0.2) is 41.2 Å². The molecule has 3 aromatic rings. The van der Waals surface area contributed by atoms with Gasteiger partial charge in [0.05, 0.1) is 12.2 Å². The van der Waals surface area contributed by atoms with Gasteiger partial charge < -0.3 is 26.2 Å². The van der Waals surface area contributed by atoms with Gasteiger partial charge in [0.1, 0.15) is 17.3 Å². The number of rotatable bonds is 9. The summed E-state index contributed by atoms with van der Waals surface area (Å²) in [6.07, 6.45) is 3.24. The molecule has 4 aliphatic rings. The summed E-state index contributed by atoms with van der Waals surface area (Å²) >= 11 is 0. The van der Waals surface area contributed by atoms with Crippen LogP contribution in [-0.2, 0) is 29.0 Å². The van der Waals surface area contributed by atoms with Crippen molar-refractivity contribution >= 4 is 29.4 Å². The van der Waals surface area contributed by atoms with E-state index in [-0.39, 0.29) is 61.0 Å². The molecule has 3 aliphatic carbocycles. The van der Waals surface area contributed by atoms with Gasteiger partial charge >= 0.3 is 6.03 Å². The van der Waals surface area contributed by atoms with E-state index >= 15 is 0 Å². The molecule has 1 aliphatic heterocycles. The molecular formula is C33H37F2N9O5. The zero-order valence-corrected chi connectivity index (χ0v) is 26.9. The van der Waals surface area contributed by atoms with Crippen molar-refractivity contribution in [3.63, 3.8) is 0 Å². The molecule has 258 valence electrons. The molecule has 4 N–H and O–H groups in total. The summed E-state index contributed by atoms with van der Waals surface area (Å²) in [5.41, 5.74) is 1.46. The first-order valence-electron chi connectivity index (χ1n) is 16.5. The number of anilines is 1. The van der Waals surface area contributed by atoms with Crippen molar-refractivity contribution in [1.29, 1.82) is 0 Å². The number of aromatic nitrogens is 4. The zero-order chi connectivity index (χ0) is 34.4. The van der Waals surface area contributed by atoms with E-state index in [1.54, 1.807) is 35.4 Å². The Kier molecular flexibility index (Phi) is 8.27. The van der Waals surface area contributed by atoms with Crippen LogP contribution in [0.5, 0.6) is 0 Å². The molecule has 0 radical (unpaired) electrons. The highest BCUT2D eigenvalue weighted by atomic mass is 19.3. The number of hydrogen-bond donors (Lipinski definition) is 4. The first-order chi connectivity index (χ1) is 23.5. The van der Waals surface area contributed by atoms with Crippen molar-refractivity contribution in [3.05, 3.63) is 64.7 Å². The maximum Gasteiger partial charge on any atom is 0.318 e. The third-order valence-electron chi connectivity index (χ3n) is 10.4. The van der Waals surface area contributed by atoms with Gasteiger partial charge in [-0.15, -0.1) is 0 Å². The summed E-state index contributed by atoms with van der Waals surface area (Å²) in [7, 11) is 0. The van der Waals surface area contributed by atoms with Crippen molar-refractivity contribution in [2.24, 2.45) is 11.3 Å². The summed E-state index contributed by atoms with van der Waals surface area (Å²) in [5.74, 6) is -4.96. The zero-order valence-electron chi connectivity index (χ0n) is 26.9. The highest BCUT2D eigenvalue weighted by molar-refractivity contribution is 6.01. The highest BCUT2D eigenvalue weighted by Gasteiger charge is 2.57. The number of aryl methyl sites for hydroxylation is 1. The first-order valence-corrected chi connectivity index (χ1v) is 16.5. The van der Waals surface area contributed by atoms with Crippen LogP contribution < -0.4 is 21.3 Å². The number of fused-ring (bicyclic) bond motifs is 1. The maximum atomic E-state index is 14.1. The molecule has 1 unspecified atom stereocenters. The number of urea groups is 1. The van der Waals surface area contributed by atoms with E-state index in [0.29, 0.717) is 24.5 Å². The Morgan fingerprint density at radius 3 is 2.55 bits per heavy atom. The monoisotopic (exact) mass is 677 g/mol. The lowest BCUT2D eigenvalue weighted by atomic mass is 9.81. The fraction of sp³-hybridized carbons (Fsp3) is 0.515. The van der Waals surface area contributed by atoms with Crippen molar-refractivity contribution < 1.29 is 32.6 Å². The average Bonchev–Trinajstić information content (AvgIpc) is 3.50. The molecular weight excluding hydrogens is 640 g/mol. The molecule has 3 heterocycles. The van der Waals surface area contributed by atoms with Gasteiger partial charge in [-0.25, -0.2) is 18.2 Å². The molecule has 2 atom stereocenters. The Bertz CT molecular complexity index is 1770. The van der Waals surface area contributed by atoms with E-state index in [0.717, 1.165) is 24.0 Å². The largest absolute Gasteiger partial charge is 0.348 e. The normalized spacial score (nSPS) is 22.9. The molecule has 49 heavy (non-hydrogen) atoms. The predicted octanol–water partition coefficient (Wildman–Crippen LogP) is 2.69. The second kappa shape index (κ2) is 12.5. The fourth-order valence-corrected chi connectivity index (χ4v) is 7.31. The number of carbonyl (C=O) groups is 4. The summed E-state index contributed by atoms with van der Waals surface area (Å²) in [5, 5.41) is 26.7. The van der Waals surface area contributed by atoms with Gasteiger partial charge in [-0.1, -0.05) is 11.2 Å². The third-order valence-corrected chi connectivity index (χ3v) is 10.4. The molecule has 3 fully saturated rings. The summed E-state index contributed by atoms with van der Waals surface area (Å²) in [6.45, 7) is 2.69. The fourth-order valence-electron chi connectivity index (χ4n) is 7.31. The molecule has 2 saturated carbocycles. The Balaban J connectivity index is 1.12. The summed E-state index contributed by atoms with van der Waals surface area (Å²) < 4.78 is 32.7. The number of nitrogens with zero attached hydrogens (tertiary/aromatic N) is 5. The molecule has 1 saturated heterocycles. The predicted molar refractivity (Wildman–Crippen MR) is 168 cm³/mol. The van der Waals surface area contributed by atoms with Crippen molar-refractivity contribution in [3.8, 4) is 0 Å². The molecule has 1 spiro atoms. The van der Waals surface area contributed by atoms with Gasteiger partial charge in [0.2, 0.25) is 17.7 Å². The molecule has 0 bridgehead atoms. The van der Waals surface area contributed by atoms with Crippen LogP contribution in [0.4, 0.5) is 19.3 Å². The van der Waals surface area contributed by atoms with Crippen molar-refractivity contribution in [2.45, 2.75) is 82.3 Å². The van der Waals surface area contributed by atoms with Gasteiger partial charge in [0.25, 0.3) is 5.91 Å². The topological polar surface area (TPSA) is 184 Å². The molecule has 16 heteroatoms. The minimum atomic E-state index is -2.83. The summed E-state index contributed by atoms with van der Waals surface area (Å²) in [6, 6.07) is 7.32. The lowest BCUT2D eigenvalue weighted by Gasteiger charge is -2.44. The third kappa shape index (κ3) is 6.55. The average molecular weight is 678 g/mol. The number of alkyl halides is 2. The van der Waals surface area contributed by atoms with Gasteiger partial charge in [-0.05, 0) is 79.1 Å². The maximum absolute atomic E-state index is 14.1. The van der Waals surface area contributed by atoms with Crippen LogP contribution in [0.2, 0.25) is 0 Å². The van der Waals surface area contributed by atoms with E-state index < -0.39 is 48.1 Å². The number of benzene rings is 1. The van der Waals surface area contributed by atoms with Gasteiger partial charge in [0.15, 0.2) is 5.69 Å². The van der Waals surface area contributed by atoms with Gasteiger partial charge in [-0.2, -0.15) is 10.2 Å². The quantitative estimate of drug-likeness (QED) is 0.264. The van der Waals surface area contributed by atoms with Crippen LogP contribution in [-0.4, -0.2) is 79.8 Å². The van der Waals surface area contributed by atoms with Crippen LogP contribution in [0.3, 0.4) is 0 Å². The van der Waals surface area contributed by atoms with E-state index in [1.165, 1.54) is 6.92 Å². The molecule has 7 rings (SSSR count). The number of hydrogen-bond acceptors (Lipinski definition) is 9. The summed E-state index contributed by atoms with van der Waals surface area (Å²) in [4.78, 5) is 56.0. The van der Waals surface area contributed by atoms with E-state index in [4.69, 9.17) is 0 Å². The van der Waals surface area contributed by atoms with E-state index in [2.05, 4.69) is 46.4 Å². The minimum Gasteiger partial charge on any atom is -0.348 e. The Morgan fingerprint density at radius 2 is 1.86 bits per heavy atom. The van der Waals surface area contributed by atoms with E-state index in [1.807, 2.05) is 6.07 Å². The Hall–Kier alpha value is -5.02. The number of nitrogens with one attached hydrogen (secondary N) is 4. The van der Waals surface area contributed by atoms with Crippen molar-refractivity contribution in [2.75, 3.05) is 18.4 Å². The smallest absolute Gasteiger partial charge is 0.318 e. The van der Waals surface area contributed by atoms with Crippen LogP contribution in [0.25, 0.3) is 0 Å². The van der Waals surface area contributed by atoms with Crippen molar-refractivity contribution in [1.82, 2.24) is 41.4 Å². The van der Waals surface area contributed by atoms with Crippen LogP contribution >= 0.6 is 0 Å². The SMILES string of the molecule is Cc1nonc1C(=O)N[C@H](C(=O)Nc1ccc2c(c1)CC(C(=O)NCc1cccnn1)(N1CC3(CC3)CNC1=O)C2)C1CCC(F)(F)CC1. The van der Waals surface area contributed by atoms with Gasteiger partial charge in [0, 0.05) is 56.1 Å². The standard InChI is InChI=1S/C33H37F2N9O5/c1-19-25(43-49-42-19)27(45)40-26(20-6-8-33(34,35)9-7-20)28(46)39-23-5-4-21-14-32(15-22(21)13-23,29(47)36-16-24-3-2-12-38-41-24)44-18-31(10-11-31)17-37-30(44)48/h2-5,12-13,20,26H,6-11,14-18H2,1H3,(H,36,47)(H,37,48)(H,39,46)(H,40,45)/t26-,32?/m0/s1. The Morgan fingerprint density at radius 1 is 1.08 bits per heavy atom. The molecule has 5 amide bonds. The lowest BCUT2D eigenvalue weighted by molar-refractivity contribution is -0.132. The Labute approximate surface area is 280 Å². The minimum absolute atomic E-state index is 0.0389. The molecule has 1 aromatic carbocycles. The van der Waals surface area contributed by atoms with E-state index in [9.17, 15) is 28.0 Å². The first kappa shape index (κ1) is 32.5. The highest BCUT2D eigenvalue weighted by Crippen LogP contribution is 2.50. The second-order valence-corrected chi connectivity index (χ2v) is 13.8. The lowest BCUT2D eigenvalue weighted by Crippen LogP contribution is -2.67. The van der Waals surface area contributed by atoms with Crippen LogP contribution in [0, 0.1) is 18.3 Å².